The Balaban J connectivity index is 1.36. The second-order valence-corrected chi connectivity index (χ2v) is 6.74. The molecule has 4 rings (SSSR count). The van der Waals surface area contributed by atoms with Crippen molar-refractivity contribution in [3.05, 3.63) is 47.9 Å². The monoisotopic (exact) mass is 356 g/mol. The van der Waals surface area contributed by atoms with Crippen molar-refractivity contribution in [2.24, 2.45) is 0 Å². The zero-order chi connectivity index (χ0) is 18.1. The average molecular weight is 356 g/mol. The number of carbonyl (C=O) groups is 1. The molecule has 0 spiro atoms. The predicted octanol–water partition coefficient (Wildman–Crippen LogP) is 1.91. The summed E-state index contributed by atoms with van der Waals surface area (Å²) in [5.74, 6) is 0.444. The topological polar surface area (TPSA) is 57.7 Å². The summed E-state index contributed by atoms with van der Waals surface area (Å²) < 4.78 is 18.9. The smallest absolute Gasteiger partial charge is 0.266 e. The first kappa shape index (κ1) is 16.8. The lowest BCUT2D eigenvalue weighted by Crippen LogP contribution is -2.44. The molecule has 26 heavy (non-hydrogen) atoms. The number of benzene rings is 1. The van der Waals surface area contributed by atoms with Gasteiger partial charge >= 0.3 is 0 Å². The van der Waals surface area contributed by atoms with Crippen LogP contribution in [0.1, 0.15) is 5.56 Å². The number of nitrogens with zero attached hydrogens (tertiary/aromatic N) is 3. The van der Waals surface area contributed by atoms with E-state index in [1.54, 1.807) is 18.3 Å². The highest BCUT2D eigenvalue weighted by Gasteiger charge is 2.29. The zero-order valence-corrected chi connectivity index (χ0v) is 14.6. The molecule has 0 saturated carbocycles. The number of pyridine rings is 1. The van der Waals surface area contributed by atoms with Gasteiger partial charge in [0.15, 0.2) is 6.10 Å². The maximum atomic E-state index is 13.3. The number of nitrogens with one attached hydrogen (secondary N) is 1. The summed E-state index contributed by atoms with van der Waals surface area (Å²) in [6.45, 7) is 3.99. The van der Waals surface area contributed by atoms with Crippen LogP contribution in [0.4, 0.5) is 15.9 Å². The van der Waals surface area contributed by atoms with Crippen molar-refractivity contribution >= 4 is 17.4 Å². The van der Waals surface area contributed by atoms with E-state index in [1.807, 2.05) is 6.07 Å². The molecule has 1 unspecified atom stereocenters. The van der Waals surface area contributed by atoms with E-state index in [0.29, 0.717) is 23.6 Å². The van der Waals surface area contributed by atoms with Gasteiger partial charge in [-0.1, -0.05) is 0 Å². The van der Waals surface area contributed by atoms with E-state index in [0.717, 1.165) is 31.9 Å². The van der Waals surface area contributed by atoms with E-state index < -0.39 is 6.10 Å². The van der Waals surface area contributed by atoms with Gasteiger partial charge in [-0.2, -0.15) is 0 Å². The molecule has 136 valence electrons. The lowest BCUT2D eigenvalue weighted by Gasteiger charge is -2.33. The predicted molar refractivity (Wildman–Crippen MR) is 97.1 cm³/mol. The molecule has 2 aliphatic rings. The minimum Gasteiger partial charge on any atom is -0.480 e. The van der Waals surface area contributed by atoms with Crippen LogP contribution < -0.4 is 15.0 Å². The fourth-order valence-corrected chi connectivity index (χ4v) is 3.28. The Morgan fingerprint density at radius 2 is 2.04 bits per heavy atom. The van der Waals surface area contributed by atoms with Crippen LogP contribution >= 0.6 is 0 Å². The van der Waals surface area contributed by atoms with Crippen LogP contribution in [0.15, 0.2) is 36.5 Å². The fourth-order valence-electron chi connectivity index (χ4n) is 3.28. The van der Waals surface area contributed by atoms with E-state index in [4.69, 9.17) is 4.74 Å². The van der Waals surface area contributed by atoms with Crippen molar-refractivity contribution in [2.45, 2.75) is 12.5 Å². The molecular formula is C19H21FN4O2. The molecule has 1 amide bonds. The minimum absolute atomic E-state index is 0.276. The molecule has 1 fully saturated rings. The van der Waals surface area contributed by atoms with Gasteiger partial charge in [0.1, 0.15) is 17.4 Å². The molecular weight excluding hydrogens is 335 g/mol. The molecule has 1 atom stereocenters. The van der Waals surface area contributed by atoms with Crippen molar-refractivity contribution in [1.82, 2.24) is 9.88 Å². The van der Waals surface area contributed by atoms with Crippen LogP contribution in [0.2, 0.25) is 0 Å². The van der Waals surface area contributed by atoms with Crippen LogP contribution in [0, 0.1) is 5.82 Å². The third kappa shape index (κ3) is 3.48. The van der Waals surface area contributed by atoms with Crippen LogP contribution in [-0.2, 0) is 11.2 Å². The van der Waals surface area contributed by atoms with Crippen molar-refractivity contribution in [3.8, 4) is 5.75 Å². The third-order valence-corrected chi connectivity index (χ3v) is 4.86. The molecule has 1 aromatic carbocycles. The normalized spacial score (nSPS) is 19.8. The molecule has 1 N–H and O–H groups in total. The van der Waals surface area contributed by atoms with Crippen molar-refractivity contribution in [3.63, 3.8) is 0 Å². The zero-order valence-electron chi connectivity index (χ0n) is 14.6. The second-order valence-electron chi connectivity index (χ2n) is 6.74. The number of hydrogen-bond donors (Lipinski definition) is 1. The Kier molecular flexibility index (Phi) is 4.46. The molecule has 7 heteroatoms. The number of aromatic nitrogens is 1. The van der Waals surface area contributed by atoms with Crippen molar-refractivity contribution in [1.29, 1.82) is 0 Å². The van der Waals surface area contributed by atoms with E-state index >= 15 is 0 Å². The van der Waals surface area contributed by atoms with Crippen LogP contribution in [0.25, 0.3) is 0 Å². The molecule has 0 radical (unpaired) electrons. The van der Waals surface area contributed by atoms with Gasteiger partial charge in [-0.3, -0.25) is 4.79 Å². The van der Waals surface area contributed by atoms with E-state index in [2.05, 4.69) is 27.1 Å². The van der Waals surface area contributed by atoms with E-state index in [1.165, 1.54) is 12.1 Å². The minimum atomic E-state index is -0.661. The highest BCUT2D eigenvalue weighted by atomic mass is 19.1. The number of hydrogen-bond acceptors (Lipinski definition) is 5. The van der Waals surface area contributed by atoms with Gasteiger partial charge in [-0.25, -0.2) is 9.37 Å². The summed E-state index contributed by atoms with van der Waals surface area (Å²) in [6, 6.07) is 8.06. The molecule has 3 heterocycles. The number of anilines is 2. The van der Waals surface area contributed by atoms with Crippen molar-refractivity contribution < 1.29 is 13.9 Å². The number of likely N-dealkylation sites (N-methyl/N-ethyl adjacent to an activating group) is 1. The van der Waals surface area contributed by atoms with Gasteiger partial charge in [-0.15, -0.1) is 0 Å². The molecule has 2 aliphatic heterocycles. The van der Waals surface area contributed by atoms with Crippen LogP contribution in [-0.4, -0.2) is 55.1 Å². The van der Waals surface area contributed by atoms with Crippen molar-refractivity contribution in [2.75, 3.05) is 43.4 Å². The Bertz CT molecular complexity index is 804. The molecule has 1 aromatic heterocycles. The third-order valence-electron chi connectivity index (χ3n) is 4.86. The Hall–Kier alpha value is -2.67. The van der Waals surface area contributed by atoms with Gasteiger partial charge < -0.3 is 19.9 Å². The van der Waals surface area contributed by atoms with E-state index in [-0.39, 0.29) is 11.7 Å². The van der Waals surface area contributed by atoms with Gasteiger partial charge in [0.25, 0.3) is 5.91 Å². The van der Waals surface area contributed by atoms with Gasteiger partial charge in [-0.05, 0) is 37.4 Å². The summed E-state index contributed by atoms with van der Waals surface area (Å²) >= 11 is 0. The molecule has 0 aliphatic carbocycles. The lowest BCUT2D eigenvalue weighted by atomic mass is 10.1. The Morgan fingerprint density at radius 3 is 2.77 bits per heavy atom. The Morgan fingerprint density at radius 1 is 1.23 bits per heavy atom. The summed E-state index contributed by atoms with van der Waals surface area (Å²) in [5, 5.41) is 2.77. The highest BCUT2D eigenvalue weighted by molar-refractivity contribution is 5.94. The summed E-state index contributed by atoms with van der Waals surface area (Å²) in [4.78, 5) is 21.3. The molecule has 1 saturated heterocycles. The summed E-state index contributed by atoms with van der Waals surface area (Å²) in [7, 11) is 2.12. The number of carbonyl (C=O) groups excluding carboxylic acids is 1. The van der Waals surface area contributed by atoms with E-state index in [9.17, 15) is 9.18 Å². The number of ether oxygens (including phenoxy) is 1. The number of fused-ring (bicyclic) bond motifs is 1. The SMILES string of the molecule is CN1CCN(c2ccc(NC(=O)C3Cc4cc(F)ccc4O3)nc2)CC1. The van der Waals surface area contributed by atoms with Gasteiger partial charge in [0.2, 0.25) is 0 Å². The molecule has 2 aromatic rings. The fraction of sp³-hybridized carbons (Fsp3) is 0.368. The molecule has 6 nitrogen and oxygen atoms in total. The summed E-state index contributed by atoms with van der Waals surface area (Å²) in [5.41, 5.74) is 1.76. The maximum absolute atomic E-state index is 13.3. The summed E-state index contributed by atoms with van der Waals surface area (Å²) in [6.07, 6.45) is 1.48. The largest absolute Gasteiger partial charge is 0.480 e. The number of piperazine rings is 1. The lowest BCUT2D eigenvalue weighted by molar-refractivity contribution is -0.122. The number of rotatable bonds is 3. The first-order valence-electron chi connectivity index (χ1n) is 8.74. The van der Waals surface area contributed by atoms with Crippen LogP contribution in [0.3, 0.4) is 0 Å². The average Bonchev–Trinajstić information content (AvgIpc) is 3.06. The van der Waals surface area contributed by atoms with Gasteiger partial charge in [0.05, 0.1) is 11.9 Å². The quantitative estimate of drug-likeness (QED) is 0.911. The maximum Gasteiger partial charge on any atom is 0.266 e. The standard InChI is InChI=1S/C19H21FN4O2/c1-23-6-8-24(9-7-23)15-3-5-18(21-12-15)22-19(25)17-11-13-10-14(20)2-4-16(13)26-17/h2-5,10,12,17H,6-9,11H2,1H3,(H,21,22,25). The number of amides is 1. The number of halogens is 1. The highest BCUT2D eigenvalue weighted by Crippen LogP contribution is 2.29. The van der Waals surface area contributed by atoms with Crippen LogP contribution in [0.5, 0.6) is 5.75 Å². The Labute approximate surface area is 151 Å². The molecule has 0 bridgehead atoms. The first-order chi connectivity index (χ1) is 12.6. The second kappa shape index (κ2) is 6.92. The first-order valence-corrected chi connectivity index (χ1v) is 8.74. The van der Waals surface area contributed by atoms with Gasteiger partial charge in [0, 0.05) is 38.2 Å².